The third kappa shape index (κ3) is 5.10. The highest BCUT2D eigenvalue weighted by atomic mass is 32.2. The minimum atomic E-state index is -4.99. The first-order chi connectivity index (χ1) is 13.9. The second kappa shape index (κ2) is 7.98. The van der Waals surface area contributed by atoms with Crippen molar-refractivity contribution in [2.45, 2.75) is 20.0 Å². The molecule has 0 saturated carbocycles. The SMILES string of the molecule is Cc1ccc(-c2cc(C(=NOS(C)(=O)=O)C(F)(F)F)c(-c3ccc(C)cc3)o2)cc1. The highest BCUT2D eigenvalue weighted by molar-refractivity contribution is 7.85. The molecule has 3 rings (SSSR count). The Morgan fingerprint density at radius 3 is 1.90 bits per heavy atom. The van der Waals surface area contributed by atoms with Gasteiger partial charge in [-0.3, -0.25) is 4.28 Å². The van der Waals surface area contributed by atoms with Gasteiger partial charge in [0, 0.05) is 11.1 Å². The third-order valence-electron chi connectivity index (χ3n) is 4.17. The molecule has 1 heterocycles. The van der Waals surface area contributed by atoms with Crippen LogP contribution in [0.2, 0.25) is 0 Å². The largest absolute Gasteiger partial charge is 0.455 e. The summed E-state index contributed by atoms with van der Waals surface area (Å²) in [5, 5.41) is 2.91. The molecule has 158 valence electrons. The molecule has 0 N–H and O–H groups in total. The van der Waals surface area contributed by atoms with E-state index in [9.17, 15) is 21.6 Å². The number of benzene rings is 2. The molecule has 0 saturated heterocycles. The van der Waals surface area contributed by atoms with Crippen LogP contribution >= 0.6 is 0 Å². The molecule has 0 atom stereocenters. The van der Waals surface area contributed by atoms with E-state index in [4.69, 9.17) is 4.42 Å². The van der Waals surface area contributed by atoms with Crippen molar-refractivity contribution in [3.63, 3.8) is 0 Å². The van der Waals surface area contributed by atoms with Crippen LogP contribution in [0, 0.1) is 13.8 Å². The zero-order valence-corrected chi connectivity index (χ0v) is 17.1. The average Bonchev–Trinajstić information content (AvgIpc) is 3.06. The maximum absolute atomic E-state index is 13.8. The van der Waals surface area contributed by atoms with Crippen molar-refractivity contribution in [3.05, 3.63) is 71.3 Å². The number of hydrogen-bond donors (Lipinski definition) is 0. The third-order valence-corrected chi connectivity index (χ3v) is 4.51. The van der Waals surface area contributed by atoms with Gasteiger partial charge in [-0.05, 0) is 19.9 Å². The van der Waals surface area contributed by atoms with Crippen molar-refractivity contribution in [1.82, 2.24) is 0 Å². The minimum absolute atomic E-state index is 0.0984. The molecule has 9 heteroatoms. The predicted molar refractivity (Wildman–Crippen MR) is 108 cm³/mol. The Hall–Kier alpha value is -3.07. The van der Waals surface area contributed by atoms with Crippen molar-refractivity contribution in [2.24, 2.45) is 5.16 Å². The van der Waals surface area contributed by atoms with Gasteiger partial charge in [-0.2, -0.15) is 21.6 Å². The Morgan fingerprint density at radius 1 is 0.933 bits per heavy atom. The summed E-state index contributed by atoms with van der Waals surface area (Å²) in [5.41, 5.74) is 0.895. The molecule has 0 aliphatic carbocycles. The Balaban J connectivity index is 2.23. The van der Waals surface area contributed by atoms with Crippen LogP contribution in [0.4, 0.5) is 13.2 Å². The van der Waals surface area contributed by atoms with Crippen LogP contribution < -0.4 is 0 Å². The number of rotatable bonds is 5. The normalized spacial score (nSPS) is 12.8. The molecule has 3 aromatic rings. The maximum Gasteiger partial charge on any atom is 0.437 e. The Kier molecular flexibility index (Phi) is 5.76. The van der Waals surface area contributed by atoms with Crippen molar-refractivity contribution >= 4 is 15.8 Å². The number of alkyl halides is 3. The van der Waals surface area contributed by atoms with Gasteiger partial charge in [0.1, 0.15) is 11.5 Å². The fourth-order valence-electron chi connectivity index (χ4n) is 2.70. The van der Waals surface area contributed by atoms with Gasteiger partial charge in [-0.1, -0.05) is 64.8 Å². The van der Waals surface area contributed by atoms with Crippen LogP contribution in [0.5, 0.6) is 0 Å². The number of hydrogen-bond acceptors (Lipinski definition) is 5. The topological polar surface area (TPSA) is 68.9 Å². The molecule has 0 fully saturated rings. The molecule has 1 aromatic heterocycles. The first-order valence-corrected chi connectivity index (χ1v) is 10.6. The van der Waals surface area contributed by atoms with E-state index in [0.717, 1.165) is 11.1 Å². The van der Waals surface area contributed by atoms with E-state index in [1.54, 1.807) is 48.5 Å². The summed E-state index contributed by atoms with van der Waals surface area (Å²) in [6, 6.07) is 14.9. The summed E-state index contributed by atoms with van der Waals surface area (Å²) < 4.78 is 73.6. The molecule has 30 heavy (non-hydrogen) atoms. The summed E-state index contributed by atoms with van der Waals surface area (Å²) in [7, 11) is -4.24. The van der Waals surface area contributed by atoms with E-state index in [1.165, 1.54) is 6.07 Å². The van der Waals surface area contributed by atoms with Crippen LogP contribution in [-0.2, 0) is 14.4 Å². The lowest BCUT2D eigenvalue weighted by Crippen LogP contribution is -2.25. The molecular weight excluding hydrogens is 419 g/mol. The molecule has 0 radical (unpaired) electrons. The molecule has 5 nitrogen and oxygen atoms in total. The molecule has 0 spiro atoms. The monoisotopic (exact) mass is 437 g/mol. The van der Waals surface area contributed by atoms with Gasteiger partial charge in [0.2, 0.25) is 0 Å². The second-order valence-corrected chi connectivity index (χ2v) is 8.36. The van der Waals surface area contributed by atoms with Crippen LogP contribution in [0.25, 0.3) is 22.6 Å². The fourth-order valence-corrected chi connectivity index (χ4v) is 2.91. The van der Waals surface area contributed by atoms with Gasteiger partial charge in [0.15, 0.2) is 5.71 Å². The Morgan fingerprint density at radius 2 is 1.43 bits per heavy atom. The smallest absolute Gasteiger partial charge is 0.437 e. The summed E-state index contributed by atoms with van der Waals surface area (Å²) in [4.78, 5) is 0. The van der Waals surface area contributed by atoms with Gasteiger partial charge >= 0.3 is 16.3 Å². The number of oxime groups is 1. The number of nitrogens with zero attached hydrogens (tertiary/aromatic N) is 1. The van der Waals surface area contributed by atoms with E-state index in [0.29, 0.717) is 17.4 Å². The van der Waals surface area contributed by atoms with E-state index in [1.807, 2.05) is 13.8 Å². The zero-order valence-electron chi connectivity index (χ0n) is 16.3. The lowest BCUT2D eigenvalue weighted by molar-refractivity contribution is -0.0596. The van der Waals surface area contributed by atoms with Crippen LogP contribution in [0.15, 0.2) is 64.2 Å². The van der Waals surface area contributed by atoms with E-state index in [2.05, 4.69) is 9.44 Å². The van der Waals surface area contributed by atoms with E-state index in [-0.39, 0.29) is 11.5 Å². The average molecular weight is 437 g/mol. The van der Waals surface area contributed by atoms with Crippen LogP contribution in [0.1, 0.15) is 16.7 Å². The molecule has 0 unspecified atom stereocenters. The van der Waals surface area contributed by atoms with Crippen molar-refractivity contribution in [1.29, 1.82) is 0 Å². The van der Waals surface area contributed by atoms with Gasteiger partial charge in [0.25, 0.3) is 0 Å². The van der Waals surface area contributed by atoms with Crippen LogP contribution in [-0.4, -0.2) is 26.6 Å². The molecular formula is C21H18F3NO4S. The molecule has 2 aromatic carbocycles. The summed E-state index contributed by atoms with van der Waals surface area (Å²) in [5.74, 6) is 0.0793. The molecule has 0 aliphatic rings. The maximum atomic E-state index is 13.8. The lowest BCUT2D eigenvalue weighted by atomic mass is 10.0. The summed E-state index contributed by atoms with van der Waals surface area (Å²) in [6.45, 7) is 3.72. The second-order valence-electron chi connectivity index (χ2n) is 6.80. The number of aryl methyl sites for hydroxylation is 2. The van der Waals surface area contributed by atoms with Gasteiger partial charge in [-0.25, -0.2) is 0 Å². The van der Waals surface area contributed by atoms with Gasteiger partial charge in [-0.15, -0.1) is 0 Å². The summed E-state index contributed by atoms with van der Waals surface area (Å²) in [6.07, 6.45) is -4.38. The quantitative estimate of drug-likeness (QED) is 0.392. The first-order valence-electron chi connectivity index (χ1n) is 8.76. The molecule has 0 bridgehead atoms. The van der Waals surface area contributed by atoms with Gasteiger partial charge in [0.05, 0.1) is 11.8 Å². The van der Waals surface area contributed by atoms with E-state index >= 15 is 0 Å². The first kappa shape index (κ1) is 21.6. The molecule has 0 amide bonds. The summed E-state index contributed by atoms with van der Waals surface area (Å²) >= 11 is 0. The number of furan rings is 1. The molecule has 0 aliphatic heterocycles. The van der Waals surface area contributed by atoms with Crippen LogP contribution in [0.3, 0.4) is 0 Å². The van der Waals surface area contributed by atoms with E-state index < -0.39 is 27.6 Å². The highest BCUT2D eigenvalue weighted by Crippen LogP contribution is 2.37. The highest BCUT2D eigenvalue weighted by Gasteiger charge is 2.41. The van der Waals surface area contributed by atoms with Crippen molar-refractivity contribution in [3.8, 4) is 22.6 Å². The standard InChI is InChI=1S/C21H18F3NO4S/c1-13-4-8-15(9-5-13)18-12-17(19(28-18)16-10-6-14(2)7-11-16)20(21(22,23)24)25-29-30(3,26)27/h4-12H,1-3H3. The van der Waals surface area contributed by atoms with Gasteiger partial charge < -0.3 is 4.42 Å². The minimum Gasteiger partial charge on any atom is -0.455 e. The zero-order chi connectivity index (χ0) is 22.1. The Labute approximate surface area is 171 Å². The number of halogens is 3. The predicted octanol–water partition coefficient (Wildman–Crippen LogP) is 5.47. The Bertz CT molecular complexity index is 1180. The fraction of sp³-hybridized carbons (Fsp3) is 0.190. The van der Waals surface area contributed by atoms with Crippen molar-refractivity contribution < 1.29 is 30.3 Å². The lowest BCUT2D eigenvalue weighted by Gasteiger charge is -2.10. The van der Waals surface area contributed by atoms with Crippen molar-refractivity contribution in [2.75, 3.05) is 6.26 Å².